The molecule has 0 heterocycles. The topological polar surface area (TPSA) is 30.5 Å². The predicted molar refractivity (Wildman–Crippen MR) is 73.9 cm³/mol. The van der Waals surface area contributed by atoms with E-state index in [1.807, 2.05) is 6.07 Å². The highest BCUT2D eigenvalue weighted by molar-refractivity contribution is 9.10. The molecule has 0 fully saturated rings. The van der Waals surface area contributed by atoms with Gasteiger partial charge in [-0.05, 0) is 25.1 Å². The van der Waals surface area contributed by atoms with Gasteiger partial charge in [0, 0.05) is 16.6 Å². The third-order valence-corrected chi connectivity index (χ3v) is 2.79. The number of methoxy groups -OCH3 is 1. The highest BCUT2D eigenvalue weighted by Crippen LogP contribution is 2.34. The summed E-state index contributed by atoms with van der Waals surface area (Å²) in [5, 5.41) is 3.30. The quantitative estimate of drug-likeness (QED) is 0.838. The van der Waals surface area contributed by atoms with Gasteiger partial charge in [-0.2, -0.15) is 0 Å². The monoisotopic (exact) mass is 301 g/mol. The van der Waals surface area contributed by atoms with Gasteiger partial charge in [0.25, 0.3) is 0 Å². The Morgan fingerprint density at radius 2 is 2.06 bits per heavy atom. The molecule has 0 saturated heterocycles. The first kappa shape index (κ1) is 14.3. The van der Waals surface area contributed by atoms with Crippen LogP contribution in [0.15, 0.2) is 16.6 Å². The standard InChI is InChI=1S/C13H20BrNO2/c1-4-6-17-13-10(9-15-5-2)7-11(14)8-12(13)16-3/h7-8,15H,4-6,9H2,1-3H3. The van der Waals surface area contributed by atoms with E-state index >= 15 is 0 Å². The van der Waals surface area contributed by atoms with Crippen LogP contribution in [0, 0.1) is 0 Å². The number of hydrogen-bond acceptors (Lipinski definition) is 3. The van der Waals surface area contributed by atoms with Gasteiger partial charge in [0.1, 0.15) is 0 Å². The van der Waals surface area contributed by atoms with Crippen LogP contribution in [0.5, 0.6) is 11.5 Å². The van der Waals surface area contributed by atoms with E-state index in [-0.39, 0.29) is 0 Å². The maximum atomic E-state index is 5.77. The molecule has 96 valence electrons. The lowest BCUT2D eigenvalue weighted by atomic mass is 10.2. The van der Waals surface area contributed by atoms with Crippen molar-refractivity contribution in [1.82, 2.24) is 5.32 Å². The van der Waals surface area contributed by atoms with Crippen molar-refractivity contribution < 1.29 is 9.47 Å². The van der Waals surface area contributed by atoms with Gasteiger partial charge in [-0.15, -0.1) is 0 Å². The molecule has 0 aliphatic heterocycles. The highest BCUT2D eigenvalue weighted by atomic mass is 79.9. The third kappa shape index (κ3) is 4.21. The predicted octanol–water partition coefficient (Wildman–Crippen LogP) is 3.36. The summed E-state index contributed by atoms with van der Waals surface area (Å²) in [6.07, 6.45) is 0.986. The lowest BCUT2D eigenvalue weighted by Crippen LogP contribution is -2.13. The van der Waals surface area contributed by atoms with Crippen molar-refractivity contribution >= 4 is 15.9 Å². The van der Waals surface area contributed by atoms with E-state index in [1.165, 1.54) is 0 Å². The number of rotatable bonds is 7. The zero-order chi connectivity index (χ0) is 12.7. The van der Waals surface area contributed by atoms with Crippen LogP contribution in [0.3, 0.4) is 0 Å². The molecule has 4 heteroatoms. The normalized spacial score (nSPS) is 10.4. The van der Waals surface area contributed by atoms with Crippen LogP contribution in [0.25, 0.3) is 0 Å². The maximum Gasteiger partial charge on any atom is 0.165 e. The molecule has 3 nitrogen and oxygen atoms in total. The number of benzene rings is 1. The number of halogens is 1. The summed E-state index contributed by atoms with van der Waals surface area (Å²) in [5.74, 6) is 1.62. The third-order valence-electron chi connectivity index (χ3n) is 2.33. The summed E-state index contributed by atoms with van der Waals surface area (Å²) in [4.78, 5) is 0. The molecule has 0 atom stereocenters. The van der Waals surface area contributed by atoms with E-state index in [2.05, 4.69) is 41.2 Å². The molecule has 0 unspecified atom stereocenters. The smallest absolute Gasteiger partial charge is 0.165 e. The van der Waals surface area contributed by atoms with Crippen molar-refractivity contribution in [2.24, 2.45) is 0 Å². The van der Waals surface area contributed by atoms with Crippen molar-refractivity contribution in [3.63, 3.8) is 0 Å². The molecule has 1 aromatic carbocycles. The zero-order valence-electron chi connectivity index (χ0n) is 10.7. The summed E-state index contributed by atoms with van der Waals surface area (Å²) in [5.41, 5.74) is 1.12. The molecule has 0 aliphatic rings. The maximum absolute atomic E-state index is 5.77. The second kappa shape index (κ2) is 7.56. The Bertz CT molecular complexity index is 356. The fourth-order valence-electron chi connectivity index (χ4n) is 1.53. The minimum atomic E-state index is 0.705. The van der Waals surface area contributed by atoms with Crippen molar-refractivity contribution in [1.29, 1.82) is 0 Å². The fraction of sp³-hybridized carbons (Fsp3) is 0.538. The van der Waals surface area contributed by atoms with Gasteiger partial charge in [0.15, 0.2) is 11.5 Å². The first-order valence-corrected chi connectivity index (χ1v) is 6.72. The Morgan fingerprint density at radius 3 is 2.65 bits per heavy atom. The van der Waals surface area contributed by atoms with Gasteiger partial charge in [-0.25, -0.2) is 0 Å². The molecule has 0 bridgehead atoms. The minimum Gasteiger partial charge on any atom is -0.493 e. The van der Waals surface area contributed by atoms with E-state index in [1.54, 1.807) is 7.11 Å². The summed E-state index contributed by atoms with van der Waals surface area (Å²) in [7, 11) is 1.66. The molecule has 1 aromatic rings. The van der Waals surface area contributed by atoms with E-state index in [9.17, 15) is 0 Å². The van der Waals surface area contributed by atoms with Gasteiger partial charge < -0.3 is 14.8 Å². The van der Waals surface area contributed by atoms with Crippen LogP contribution in [0.2, 0.25) is 0 Å². The van der Waals surface area contributed by atoms with Crippen molar-refractivity contribution in [2.75, 3.05) is 20.3 Å². The zero-order valence-corrected chi connectivity index (χ0v) is 12.3. The van der Waals surface area contributed by atoms with Crippen LogP contribution in [-0.4, -0.2) is 20.3 Å². The average Bonchev–Trinajstić information content (AvgIpc) is 2.34. The van der Waals surface area contributed by atoms with Crippen LogP contribution < -0.4 is 14.8 Å². The largest absolute Gasteiger partial charge is 0.493 e. The number of ether oxygens (including phenoxy) is 2. The average molecular weight is 302 g/mol. The van der Waals surface area contributed by atoms with Gasteiger partial charge in [0.05, 0.1) is 13.7 Å². The van der Waals surface area contributed by atoms with Crippen LogP contribution in [0.1, 0.15) is 25.8 Å². The van der Waals surface area contributed by atoms with Crippen LogP contribution >= 0.6 is 15.9 Å². The van der Waals surface area contributed by atoms with Gasteiger partial charge in [-0.3, -0.25) is 0 Å². The van der Waals surface area contributed by atoms with E-state index in [0.717, 1.165) is 41.0 Å². The Hall–Kier alpha value is -0.740. The molecule has 0 aliphatic carbocycles. The van der Waals surface area contributed by atoms with Crippen molar-refractivity contribution in [3.8, 4) is 11.5 Å². The van der Waals surface area contributed by atoms with E-state index < -0.39 is 0 Å². The van der Waals surface area contributed by atoms with Crippen molar-refractivity contribution in [2.45, 2.75) is 26.8 Å². The van der Waals surface area contributed by atoms with Gasteiger partial charge in [-0.1, -0.05) is 29.8 Å². The minimum absolute atomic E-state index is 0.705. The number of nitrogens with one attached hydrogen (secondary N) is 1. The van der Waals surface area contributed by atoms with Crippen LogP contribution in [0.4, 0.5) is 0 Å². The second-order valence-electron chi connectivity index (χ2n) is 3.73. The molecule has 17 heavy (non-hydrogen) atoms. The summed E-state index contributed by atoms with van der Waals surface area (Å²) < 4.78 is 12.1. The van der Waals surface area contributed by atoms with Gasteiger partial charge in [0.2, 0.25) is 0 Å². The molecular formula is C13H20BrNO2. The Kier molecular flexibility index (Phi) is 6.37. The summed E-state index contributed by atoms with van der Waals surface area (Å²) >= 11 is 3.48. The molecule has 0 radical (unpaired) electrons. The first-order valence-electron chi connectivity index (χ1n) is 5.92. The Morgan fingerprint density at radius 1 is 1.29 bits per heavy atom. The molecule has 0 saturated carbocycles. The summed E-state index contributed by atoms with van der Waals surface area (Å²) in [6, 6.07) is 4.00. The van der Waals surface area contributed by atoms with Crippen molar-refractivity contribution in [3.05, 3.63) is 22.2 Å². The SMILES string of the molecule is CCCOc1c(CNCC)cc(Br)cc1OC. The fourth-order valence-corrected chi connectivity index (χ4v) is 2.02. The number of hydrogen-bond donors (Lipinski definition) is 1. The Balaban J connectivity index is 2.99. The lowest BCUT2D eigenvalue weighted by Gasteiger charge is -2.15. The lowest BCUT2D eigenvalue weighted by molar-refractivity contribution is 0.290. The van der Waals surface area contributed by atoms with E-state index in [0.29, 0.717) is 6.61 Å². The van der Waals surface area contributed by atoms with E-state index in [4.69, 9.17) is 9.47 Å². The molecular weight excluding hydrogens is 282 g/mol. The molecule has 0 amide bonds. The first-order chi connectivity index (χ1) is 8.22. The van der Waals surface area contributed by atoms with Gasteiger partial charge >= 0.3 is 0 Å². The second-order valence-corrected chi connectivity index (χ2v) is 4.64. The molecule has 1 rings (SSSR count). The molecule has 1 N–H and O–H groups in total. The van der Waals surface area contributed by atoms with Crippen LogP contribution in [-0.2, 0) is 6.54 Å². The highest BCUT2D eigenvalue weighted by Gasteiger charge is 2.12. The Labute approximate surface area is 112 Å². The summed E-state index contributed by atoms with van der Waals surface area (Å²) in [6.45, 7) is 6.60. The molecule has 0 spiro atoms. The molecule has 0 aromatic heterocycles.